The number of aryl methyl sites for hydroxylation is 2. The van der Waals surface area contributed by atoms with Gasteiger partial charge in [0.05, 0.1) is 0 Å². The van der Waals surface area contributed by atoms with Crippen LogP contribution < -0.4 is 10.6 Å². The lowest BCUT2D eigenvalue weighted by Gasteiger charge is -2.13. The third-order valence-corrected chi connectivity index (χ3v) is 4.62. The third kappa shape index (κ3) is 6.56. The van der Waals surface area contributed by atoms with Crippen molar-refractivity contribution in [3.8, 4) is 11.5 Å². The van der Waals surface area contributed by atoms with Crippen LogP contribution in [0.3, 0.4) is 0 Å². The Kier molecular flexibility index (Phi) is 9.11. The number of nitrogens with one attached hydrogen (secondary N) is 2. The average molecular weight is 505 g/mol. The van der Waals surface area contributed by atoms with Crippen LogP contribution in [0, 0.1) is 6.92 Å². The molecule has 0 aliphatic carbocycles. The van der Waals surface area contributed by atoms with E-state index >= 15 is 0 Å². The molecule has 0 radical (unpaired) electrons. The molecular formula is C22H28IN5O. The highest BCUT2D eigenvalue weighted by Gasteiger charge is 2.07. The van der Waals surface area contributed by atoms with Crippen molar-refractivity contribution in [2.24, 2.45) is 4.99 Å². The summed E-state index contributed by atoms with van der Waals surface area (Å²) in [5.41, 5.74) is 4.73. The van der Waals surface area contributed by atoms with Crippen molar-refractivity contribution in [3.63, 3.8) is 0 Å². The summed E-state index contributed by atoms with van der Waals surface area (Å²) in [5, 5.41) is 10.7. The molecule has 0 atom stereocenters. The molecule has 0 aliphatic heterocycles. The van der Waals surface area contributed by atoms with Crippen molar-refractivity contribution < 1.29 is 4.52 Å². The summed E-state index contributed by atoms with van der Waals surface area (Å²) < 4.78 is 5.28. The average Bonchev–Trinajstić information content (AvgIpc) is 3.21. The Morgan fingerprint density at radius 2 is 1.83 bits per heavy atom. The van der Waals surface area contributed by atoms with E-state index in [2.05, 4.69) is 69.1 Å². The van der Waals surface area contributed by atoms with E-state index in [0.29, 0.717) is 5.89 Å². The number of rotatable bonds is 7. The molecule has 3 aromatic rings. The first-order chi connectivity index (χ1) is 13.7. The topological polar surface area (TPSA) is 75.3 Å². The first-order valence-electron chi connectivity index (χ1n) is 9.60. The van der Waals surface area contributed by atoms with Crippen molar-refractivity contribution in [2.45, 2.75) is 33.2 Å². The smallest absolute Gasteiger partial charge is 0.257 e. The molecule has 2 aromatic carbocycles. The van der Waals surface area contributed by atoms with Gasteiger partial charge in [0, 0.05) is 32.1 Å². The lowest BCUT2D eigenvalue weighted by atomic mass is 10.1. The molecule has 0 fully saturated rings. The van der Waals surface area contributed by atoms with E-state index in [1.807, 2.05) is 19.1 Å². The quantitative estimate of drug-likeness (QED) is 0.287. The van der Waals surface area contributed by atoms with Crippen molar-refractivity contribution >= 4 is 29.9 Å². The summed E-state index contributed by atoms with van der Waals surface area (Å²) in [7, 11) is 1.79. The van der Waals surface area contributed by atoms with Gasteiger partial charge in [-0.3, -0.25) is 4.99 Å². The minimum absolute atomic E-state index is 0. The second kappa shape index (κ2) is 11.5. The van der Waals surface area contributed by atoms with E-state index in [4.69, 9.17) is 4.52 Å². The number of hydrogen-bond donors (Lipinski definition) is 2. The Morgan fingerprint density at radius 3 is 2.48 bits per heavy atom. The van der Waals surface area contributed by atoms with E-state index in [1.54, 1.807) is 7.05 Å². The molecule has 1 aromatic heterocycles. The van der Waals surface area contributed by atoms with Gasteiger partial charge in [-0.05, 0) is 42.2 Å². The number of guanidine groups is 1. The highest BCUT2D eigenvalue weighted by Crippen LogP contribution is 2.18. The first kappa shape index (κ1) is 22.9. The van der Waals surface area contributed by atoms with Crippen LogP contribution in [-0.2, 0) is 19.4 Å². The summed E-state index contributed by atoms with van der Waals surface area (Å²) in [5.74, 6) is 2.10. The van der Waals surface area contributed by atoms with Crippen molar-refractivity contribution in [2.75, 3.05) is 13.6 Å². The van der Waals surface area contributed by atoms with Gasteiger partial charge in [0.15, 0.2) is 11.8 Å². The van der Waals surface area contributed by atoms with E-state index < -0.39 is 0 Å². The molecule has 0 saturated heterocycles. The predicted octanol–water partition coefficient (Wildman–Crippen LogP) is 4.13. The van der Waals surface area contributed by atoms with Crippen LogP contribution in [0.15, 0.2) is 58.0 Å². The Hall–Kier alpha value is -2.42. The van der Waals surface area contributed by atoms with Gasteiger partial charge in [-0.1, -0.05) is 48.5 Å². The maximum Gasteiger partial charge on any atom is 0.257 e. The van der Waals surface area contributed by atoms with Crippen LogP contribution in [0.2, 0.25) is 0 Å². The minimum Gasteiger partial charge on any atom is -0.356 e. The molecule has 2 N–H and O–H groups in total. The van der Waals surface area contributed by atoms with Gasteiger partial charge in [-0.25, -0.2) is 0 Å². The zero-order valence-electron chi connectivity index (χ0n) is 17.1. The van der Waals surface area contributed by atoms with Gasteiger partial charge in [0.1, 0.15) is 0 Å². The second-order valence-electron chi connectivity index (χ2n) is 6.60. The molecule has 0 aliphatic rings. The van der Waals surface area contributed by atoms with Gasteiger partial charge >= 0.3 is 0 Å². The van der Waals surface area contributed by atoms with Crippen LogP contribution in [-0.4, -0.2) is 29.7 Å². The summed E-state index contributed by atoms with van der Waals surface area (Å²) in [4.78, 5) is 8.66. The monoisotopic (exact) mass is 505 g/mol. The standard InChI is InChI=1S/C22H27N5O.HI/c1-4-20-26-21(28-27-20)18-11-9-17(10-12-18)13-14-24-22(23-3)25-15-19-8-6-5-7-16(19)2;/h5-12H,4,13-15H2,1-3H3,(H2,23,24,25);1H. The Balaban J connectivity index is 0.00000300. The lowest BCUT2D eigenvalue weighted by molar-refractivity contribution is 0.423. The van der Waals surface area contributed by atoms with Crippen LogP contribution >= 0.6 is 24.0 Å². The van der Waals surface area contributed by atoms with Crippen molar-refractivity contribution in [1.82, 2.24) is 20.8 Å². The largest absolute Gasteiger partial charge is 0.356 e. The highest BCUT2D eigenvalue weighted by molar-refractivity contribution is 14.0. The SMILES string of the molecule is CCc1noc(-c2ccc(CCNC(=NC)NCc3ccccc3C)cc2)n1.I. The van der Waals surface area contributed by atoms with Gasteiger partial charge in [-0.2, -0.15) is 4.98 Å². The summed E-state index contributed by atoms with van der Waals surface area (Å²) in [6.45, 7) is 5.68. The normalized spacial score (nSPS) is 11.1. The van der Waals surface area contributed by atoms with E-state index in [1.165, 1.54) is 16.7 Å². The lowest BCUT2D eigenvalue weighted by Crippen LogP contribution is -2.38. The summed E-state index contributed by atoms with van der Waals surface area (Å²) in [6, 6.07) is 16.6. The Labute approximate surface area is 189 Å². The molecule has 6 nitrogen and oxygen atoms in total. The molecule has 7 heteroatoms. The van der Waals surface area contributed by atoms with Gasteiger partial charge in [-0.15, -0.1) is 24.0 Å². The molecule has 29 heavy (non-hydrogen) atoms. The molecule has 0 spiro atoms. The van der Waals surface area contributed by atoms with Gasteiger partial charge in [0.2, 0.25) is 0 Å². The van der Waals surface area contributed by atoms with Crippen LogP contribution in [0.5, 0.6) is 0 Å². The number of benzene rings is 2. The number of halogens is 1. The van der Waals surface area contributed by atoms with E-state index in [0.717, 1.165) is 43.3 Å². The van der Waals surface area contributed by atoms with E-state index in [-0.39, 0.29) is 24.0 Å². The van der Waals surface area contributed by atoms with Crippen LogP contribution in [0.1, 0.15) is 29.4 Å². The van der Waals surface area contributed by atoms with Gasteiger partial charge in [0.25, 0.3) is 5.89 Å². The molecule has 3 rings (SSSR count). The molecule has 0 saturated carbocycles. The van der Waals surface area contributed by atoms with Crippen molar-refractivity contribution in [1.29, 1.82) is 0 Å². The number of aliphatic imine (C=N–C) groups is 1. The fourth-order valence-corrected chi connectivity index (χ4v) is 2.86. The molecule has 0 amide bonds. The number of hydrogen-bond acceptors (Lipinski definition) is 4. The summed E-state index contributed by atoms with van der Waals surface area (Å²) >= 11 is 0. The fraction of sp³-hybridized carbons (Fsp3) is 0.318. The van der Waals surface area contributed by atoms with Gasteiger partial charge < -0.3 is 15.2 Å². The van der Waals surface area contributed by atoms with Crippen molar-refractivity contribution in [3.05, 3.63) is 71.0 Å². The molecule has 154 valence electrons. The molecule has 0 bridgehead atoms. The second-order valence-corrected chi connectivity index (χ2v) is 6.60. The summed E-state index contributed by atoms with van der Waals surface area (Å²) in [6.07, 6.45) is 1.67. The van der Waals surface area contributed by atoms with E-state index in [9.17, 15) is 0 Å². The zero-order valence-corrected chi connectivity index (χ0v) is 19.4. The maximum absolute atomic E-state index is 5.28. The zero-order chi connectivity index (χ0) is 19.8. The number of nitrogens with zero attached hydrogens (tertiary/aromatic N) is 3. The Morgan fingerprint density at radius 1 is 1.07 bits per heavy atom. The Bertz CT molecular complexity index is 921. The predicted molar refractivity (Wildman–Crippen MR) is 128 cm³/mol. The first-order valence-corrected chi connectivity index (χ1v) is 9.60. The van der Waals surface area contributed by atoms with Crippen LogP contribution in [0.25, 0.3) is 11.5 Å². The number of aromatic nitrogens is 2. The highest BCUT2D eigenvalue weighted by atomic mass is 127. The van der Waals surface area contributed by atoms with Crippen LogP contribution in [0.4, 0.5) is 0 Å². The molecule has 1 heterocycles. The third-order valence-electron chi connectivity index (χ3n) is 4.62. The maximum atomic E-state index is 5.28. The fourth-order valence-electron chi connectivity index (χ4n) is 2.86. The molecular weight excluding hydrogens is 477 g/mol. The minimum atomic E-state index is 0. The molecule has 0 unspecified atom stereocenters.